The lowest BCUT2D eigenvalue weighted by atomic mass is 9.75. The summed E-state index contributed by atoms with van der Waals surface area (Å²) in [5.41, 5.74) is -4.06. The Hall–Kier alpha value is -4.68. The fourth-order valence-corrected chi connectivity index (χ4v) is 12.7. The molecule has 4 heterocycles. The Bertz CT molecular complexity index is 2860. The third-order valence-electron chi connectivity index (χ3n) is 17.3. The first-order chi connectivity index (χ1) is 40.6. The molecule has 0 bridgehead atoms. The summed E-state index contributed by atoms with van der Waals surface area (Å²) in [6.07, 6.45) is -12.7. The average molecular weight is 1260 g/mol. The zero-order chi connectivity index (χ0) is 64.6. The monoisotopic (exact) mass is 1250 g/mol. The molecule has 17 atom stereocenters. The molecule has 1 amide bonds. The van der Waals surface area contributed by atoms with E-state index in [2.05, 4.69) is 20.3 Å². The zero-order valence-corrected chi connectivity index (χ0v) is 53.1. The molecule has 1 aromatic heterocycles. The van der Waals surface area contributed by atoms with Crippen LogP contribution in [0.4, 0.5) is 13.2 Å². The number of carbonyl (C=O) groups excluding carboxylic acids is 2. The highest BCUT2D eigenvalue weighted by Gasteiger charge is 2.52. The molecule has 0 spiro atoms. The number of benzene rings is 2. The number of aliphatic hydroxyl groups excluding tert-OH is 3. The number of esters is 1. The molecule has 2 aromatic carbocycles. The maximum absolute atomic E-state index is 14.4. The number of methoxy groups -OCH3 is 1. The largest absolute Gasteiger partial charge is 0.459 e. The lowest BCUT2D eigenvalue weighted by Gasteiger charge is -2.47. The third kappa shape index (κ3) is 18.1. The summed E-state index contributed by atoms with van der Waals surface area (Å²) < 4.78 is 108. The number of hydrogen-bond donors (Lipinski definition) is 7. The van der Waals surface area contributed by atoms with Crippen molar-refractivity contribution in [3.8, 4) is 16.9 Å². The summed E-state index contributed by atoms with van der Waals surface area (Å²) in [7, 11) is 0.933. The number of aryl methyl sites for hydroxylation is 1. The van der Waals surface area contributed by atoms with Gasteiger partial charge in [-0.3, -0.25) is 9.59 Å². The summed E-state index contributed by atoms with van der Waals surface area (Å²) in [6, 6.07) is 12.5. The summed E-state index contributed by atoms with van der Waals surface area (Å²) >= 11 is 0. The number of cyclic esters (lactones) is 1. The van der Waals surface area contributed by atoms with Gasteiger partial charge in [-0.2, -0.15) is 18.3 Å². The molecule has 26 heteroatoms. The van der Waals surface area contributed by atoms with Crippen LogP contribution in [0.2, 0.25) is 0 Å². The van der Waals surface area contributed by atoms with Crippen LogP contribution in [0.25, 0.3) is 16.9 Å². The topological polar surface area (TPSA) is 292 Å². The van der Waals surface area contributed by atoms with Gasteiger partial charge in [0.2, 0.25) is 15.9 Å². The molecule has 0 radical (unpaired) electrons. The number of halogens is 3. The van der Waals surface area contributed by atoms with Gasteiger partial charge in [0.25, 0.3) is 0 Å². The Kier molecular flexibility index (Phi) is 24.6. The predicted molar refractivity (Wildman–Crippen MR) is 315 cm³/mol. The average Bonchev–Trinajstić information content (AvgIpc) is 1.95. The van der Waals surface area contributed by atoms with E-state index < -0.39 is 130 Å². The van der Waals surface area contributed by atoms with Crippen LogP contribution in [-0.4, -0.2) is 191 Å². The number of nitrogens with zero attached hydrogens (tertiary/aromatic N) is 4. The molecule has 3 aromatic rings. The maximum atomic E-state index is 14.4. The normalized spacial score (nSPS) is 33.9. The van der Waals surface area contributed by atoms with Gasteiger partial charge >= 0.3 is 12.1 Å². The molecular weight excluding hydrogens is 1160 g/mol. The number of likely N-dealkylation sites (N-methyl/N-ethyl adjacent to an activating group) is 1. The maximum Gasteiger partial charge on any atom is 0.435 e. The Labute approximate surface area is 509 Å². The quantitative estimate of drug-likeness (QED) is 0.0356. The van der Waals surface area contributed by atoms with Crippen LogP contribution in [0, 0.1) is 24.7 Å². The first-order valence-electron chi connectivity index (χ1n) is 30.0. The number of oxime groups is 1. The number of hydrogen-bond acceptors (Lipinski definition) is 19. The van der Waals surface area contributed by atoms with Crippen molar-refractivity contribution in [3.63, 3.8) is 0 Å². The van der Waals surface area contributed by atoms with Crippen molar-refractivity contribution in [2.24, 2.45) is 22.9 Å². The second-order valence-electron chi connectivity index (χ2n) is 24.7. The number of sulfonamides is 1. The van der Waals surface area contributed by atoms with E-state index in [1.54, 1.807) is 72.7 Å². The Morgan fingerprint density at radius 1 is 0.897 bits per heavy atom. The van der Waals surface area contributed by atoms with E-state index in [1.165, 1.54) is 38.3 Å². The summed E-state index contributed by atoms with van der Waals surface area (Å²) in [5.74, 6) is -4.09. The fraction of sp³-hybridized carbons (Fsp3) is 0.705. The van der Waals surface area contributed by atoms with Crippen LogP contribution in [-0.2, 0) is 59.0 Å². The second-order valence-corrected chi connectivity index (χ2v) is 26.5. The third-order valence-corrected chi connectivity index (χ3v) is 18.7. The Morgan fingerprint density at radius 2 is 1.55 bits per heavy atom. The highest BCUT2D eigenvalue weighted by atomic mass is 32.2. The number of carbonyl (C=O) groups is 2. The number of amides is 1. The number of nitrogens with one attached hydrogen (secondary N) is 2. The van der Waals surface area contributed by atoms with Crippen molar-refractivity contribution in [2.45, 2.75) is 222 Å². The summed E-state index contributed by atoms with van der Waals surface area (Å²) in [6.45, 7) is 16.5. The van der Waals surface area contributed by atoms with Crippen molar-refractivity contribution < 1.29 is 90.0 Å². The predicted octanol–water partition coefficient (Wildman–Crippen LogP) is 6.18. The number of alkyl halides is 3. The molecule has 0 saturated carbocycles. The van der Waals surface area contributed by atoms with E-state index in [0.29, 0.717) is 37.7 Å². The minimum atomic E-state index is -4.72. The molecule has 490 valence electrons. The van der Waals surface area contributed by atoms with E-state index in [0.717, 1.165) is 16.3 Å². The SMILES string of the molecule is CC[C@H]1OC(=O)[C@H](C)[C@@H](O[C@H]2C[C@@](C)(OC)[C@@H](O)[C@H](C)O2)C[C@@H](O[C@@H]2O[C@H](C)C[C@H](N(C)C)[C@H]2O)[C@](C)(O)C[C@@H](C)/C(=N\OCCCCCCNC(=O)CNS(=O)(=O)c2ccc(-n3nc(C(F)(F)F)cc3-c3ccc(C)cc3)cc2)[C@H](C)[C@@H](O)[C@]1(C)O. The summed E-state index contributed by atoms with van der Waals surface area (Å²) in [4.78, 5) is 34.7. The first kappa shape index (κ1) is 71.4. The summed E-state index contributed by atoms with van der Waals surface area (Å²) in [5, 5.41) is 70.8. The van der Waals surface area contributed by atoms with E-state index >= 15 is 0 Å². The van der Waals surface area contributed by atoms with Crippen LogP contribution in [0.15, 0.2) is 64.6 Å². The van der Waals surface area contributed by atoms with Crippen molar-refractivity contribution in [3.05, 3.63) is 65.9 Å². The molecule has 3 aliphatic heterocycles. The van der Waals surface area contributed by atoms with Gasteiger partial charge in [0.05, 0.1) is 76.2 Å². The van der Waals surface area contributed by atoms with Crippen LogP contribution in [0.5, 0.6) is 0 Å². The Morgan fingerprint density at radius 3 is 2.17 bits per heavy atom. The standard InChI is InChI=1S/C61H93F3N6O16S/c1-14-48-60(10,77)54(73)39(6)52(36(3)32-58(8,76)49(86-57-53(72)45(69(11)12)29-37(4)82-57)31-46(38(5)56(75)85-48)84-51-33-59(9,80-13)55(74)40(7)83-51)68-81-28-18-16-15-17-27-65-50(71)34-66-87(78,79)43-25-23-42(24-26-43)70-44(30-47(67-70)61(62,63)64)41-21-19-35(2)20-22-41/h19-26,30,36-40,45-46,48-49,51,53-55,57,66,72-74,76-77H,14-18,27-29,31-34H2,1-13H3,(H,65,71)/b68-52+/t36-,37-,38-,39+,40+,45+,46+,48-,49-,51+,53-,54-,55+,57+,58-,59-,60-/m1/s1. The number of unbranched alkanes of at least 4 members (excludes halogenated alkanes) is 3. The molecule has 7 N–H and O–H groups in total. The molecule has 0 aliphatic carbocycles. The van der Waals surface area contributed by atoms with E-state index in [1.807, 2.05) is 32.8 Å². The van der Waals surface area contributed by atoms with Crippen LogP contribution >= 0.6 is 0 Å². The Balaban J connectivity index is 1.10. The highest BCUT2D eigenvalue weighted by molar-refractivity contribution is 7.89. The van der Waals surface area contributed by atoms with Crippen molar-refractivity contribution in [1.82, 2.24) is 24.7 Å². The number of rotatable bonds is 21. The van der Waals surface area contributed by atoms with Gasteiger partial charge < -0.3 is 69.0 Å². The van der Waals surface area contributed by atoms with Crippen LogP contribution < -0.4 is 10.0 Å². The number of ether oxygens (including phenoxy) is 6. The molecular formula is C61H93F3N6O16S. The van der Waals surface area contributed by atoms with Gasteiger partial charge in [-0.15, -0.1) is 0 Å². The van der Waals surface area contributed by atoms with Gasteiger partial charge in [-0.25, -0.2) is 17.8 Å². The van der Waals surface area contributed by atoms with E-state index in [9.17, 15) is 56.7 Å². The second kappa shape index (κ2) is 30.0. The van der Waals surface area contributed by atoms with Gasteiger partial charge in [-0.1, -0.05) is 62.2 Å². The molecule has 22 nitrogen and oxygen atoms in total. The molecule has 6 rings (SSSR count). The van der Waals surface area contributed by atoms with Crippen LogP contribution in [0.3, 0.4) is 0 Å². The molecule has 3 saturated heterocycles. The fourth-order valence-electron chi connectivity index (χ4n) is 11.7. The van der Waals surface area contributed by atoms with E-state index in [4.69, 9.17) is 33.3 Å². The minimum Gasteiger partial charge on any atom is -0.459 e. The van der Waals surface area contributed by atoms with Crippen molar-refractivity contribution in [1.29, 1.82) is 0 Å². The lowest BCUT2D eigenvalue weighted by molar-refractivity contribution is -0.307. The minimum absolute atomic E-state index is 0.0557. The van der Waals surface area contributed by atoms with Crippen molar-refractivity contribution in [2.75, 3.05) is 40.9 Å². The number of aliphatic hydroxyl groups is 5. The van der Waals surface area contributed by atoms with Gasteiger partial charge in [0.15, 0.2) is 18.3 Å². The van der Waals surface area contributed by atoms with Gasteiger partial charge in [0, 0.05) is 49.9 Å². The molecule has 3 fully saturated rings. The number of aromatic nitrogens is 2. The smallest absolute Gasteiger partial charge is 0.435 e. The zero-order valence-electron chi connectivity index (χ0n) is 52.3. The first-order valence-corrected chi connectivity index (χ1v) is 31.5. The van der Waals surface area contributed by atoms with Crippen molar-refractivity contribution >= 4 is 27.6 Å². The molecule has 87 heavy (non-hydrogen) atoms. The molecule has 3 aliphatic rings. The van der Waals surface area contributed by atoms with Gasteiger partial charge in [-0.05, 0) is 131 Å². The van der Waals surface area contributed by atoms with Gasteiger partial charge in [0.1, 0.15) is 30.5 Å². The van der Waals surface area contributed by atoms with Crippen LogP contribution in [0.1, 0.15) is 131 Å². The lowest BCUT2D eigenvalue weighted by Crippen LogP contribution is -2.59. The molecule has 0 unspecified atom stereocenters. The van der Waals surface area contributed by atoms with E-state index in [-0.39, 0.29) is 73.0 Å². The highest BCUT2D eigenvalue weighted by Crippen LogP contribution is 2.40.